The van der Waals surface area contributed by atoms with Crippen molar-refractivity contribution in [3.8, 4) is 0 Å². The van der Waals surface area contributed by atoms with Crippen LogP contribution < -0.4 is 5.32 Å². The van der Waals surface area contributed by atoms with Crippen LogP contribution in [0.25, 0.3) is 0 Å². The van der Waals surface area contributed by atoms with Gasteiger partial charge in [-0.1, -0.05) is 45.0 Å². The third kappa shape index (κ3) is 3.99. The summed E-state index contributed by atoms with van der Waals surface area (Å²) in [6, 6.07) is 14.9. The summed E-state index contributed by atoms with van der Waals surface area (Å²) in [4.78, 5) is 42.1. The lowest BCUT2D eigenvalue weighted by Crippen LogP contribution is -2.38. The summed E-state index contributed by atoms with van der Waals surface area (Å²) in [5, 5.41) is 3.38. The normalized spacial score (nSPS) is 25.0. The average molecular weight is 460 g/mol. The van der Waals surface area contributed by atoms with Gasteiger partial charge in [-0.2, -0.15) is 0 Å². The van der Waals surface area contributed by atoms with E-state index in [0.29, 0.717) is 42.2 Å². The molecule has 0 spiro atoms. The minimum atomic E-state index is -0.229. The van der Waals surface area contributed by atoms with Crippen molar-refractivity contribution in [3.63, 3.8) is 0 Å². The number of fused-ring (bicyclic) bond motifs is 3. The van der Waals surface area contributed by atoms with Gasteiger partial charge in [-0.3, -0.25) is 19.3 Å². The van der Waals surface area contributed by atoms with Gasteiger partial charge < -0.3 is 10.2 Å². The van der Waals surface area contributed by atoms with E-state index in [4.69, 9.17) is 0 Å². The molecule has 2 atom stereocenters. The van der Waals surface area contributed by atoms with Crippen LogP contribution in [0.3, 0.4) is 0 Å². The predicted molar refractivity (Wildman–Crippen MR) is 132 cm³/mol. The van der Waals surface area contributed by atoms with Gasteiger partial charge in [0.2, 0.25) is 0 Å². The highest BCUT2D eigenvalue weighted by molar-refractivity contribution is 6.21. The first-order valence-electron chi connectivity index (χ1n) is 12.3. The Morgan fingerprint density at radius 3 is 2.32 bits per heavy atom. The molecule has 5 rings (SSSR count). The van der Waals surface area contributed by atoms with Crippen molar-refractivity contribution in [3.05, 3.63) is 65.2 Å². The van der Waals surface area contributed by atoms with E-state index in [1.165, 1.54) is 4.90 Å². The van der Waals surface area contributed by atoms with Crippen molar-refractivity contribution in [1.29, 1.82) is 0 Å². The Morgan fingerprint density at radius 1 is 0.971 bits per heavy atom. The van der Waals surface area contributed by atoms with Gasteiger partial charge in [-0.25, -0.2) is 0 Å². The fraction of sp³-hybridized carbons (Fsp3) is 0.464. The molecule has 2 fully saturated rings. The first-order valence-corrected chi connectivity index (χ1v) is 12.3. The number of rotatable bonds is 6. The maximum absolute atomic E-state index is 13.6. The zero-order valence-corrected chi connectivity index (χ0v) is 20.3. The molecule has 6 nitrogen and oxygen atoms in total. The van der Waals surface area contributed by atoms with E-state index >= 15 is 0 Å². The molecule has 1 saturated carbocycles. The number of imide groups is 1. The van der Waals surface area contributed by atoms with Gasteiger partial charge in [0.05, 0.1) is 16.7 Å². The Hall–Kier alpha value is -3.15. The fourth-order valence-corrected chi connectivity index (χ4v) is 6.58. The van der Waals surface area contributed by atoms with Crippen LogP contribution in [0.15, 0.2) is 48.5 Å². The van der Waals surface area contributed by atoms with Crippen molar-refractivity contribution < 1.29 is 14.4 Å². The lowest BCUT2D eigenvalue weighted by atomic mass is 9.65. The minimum absolute atomic E-state index is 0.0925. The molecule has 2 heterocycles. The molecule has 34 heavy (non-hydrogen) atoms. The Bertz CT molecular complexity index is 1120. The highest BCUT2D eigenvalue weighted by Gasteiger charge is 2.51. The molecule has 1 saturated heterocycles. The molecule has 0 aromatic heterocycles. The number of hydrogen-bond donors (Lipinski definition) is 1. The topological polar surface area (TPSA) is 69.7 Å². The largest absolute Gasteiger partial charge is 0.384 e. The number of nitrogens with one attached hydrogen (secondary N) is 1. The molecule has 1 aliphatic carbocycles. The van der Waals surface area contributed by atoms with Crippen LogP contribution in [-0.4, -0.2) is 53.2 Å². The lowest BCUT2D eigenvalue weighted by molar-refractivity contribution is 0.0652. The second kappa shape index (κ2) is 8.26. The van der Waals surface area contributed by atoms with Gasteiger partial charge in [0, 0.05) is 31.4 Å². The van der Waals surface area contributed by atoms with E-state index in [-0.39, 0.29) is 28.6 Å². The molecule has 1 N–H and O–H groups in total. The highest BCUT2D eigenvalue weighted by atomic mass is 16.2. The third-order valence-electron chi connectivity index (χ3n) is 7.59. The van der Waals surface area contributed by atoms with Crippen LogP contribution >= 0.6 is 0 Å². The summed E-state index contributed by atoms with van der Waals surface area (Å²) in [5.74, 6) is -0.365. The van der Waals surface area contributed by atoms with Crippen LogP contribution in [0.2, 0.25) is 0 Å². The zero-order chi connectivity index (χ0) is 24.1. The molecular formula is C28H33N3O3. The smallest absolute Gasteiger partial charge is 0.261 e. The standard InChI is InChI=1S/C28H33N3O3/c1-27(2)15-19-16-28(3,17-27)18-31(19)26(34)22-11-6-7-12-23(22)29-13-8-14-30-24(32)20-9-4-5-10-21(20)25(30)33/h4-7,9-12,19,29H,8,13-18H2,1-3H3. The van der Waals surface area contributed by atoms with Crippen LogP contribution in [-0.2, 0) is 0 Å². The number of amides is 3. The SMILES string of the molecule is CC1(C)CC2CC(C)(CN2C(=O)c2ccccc2NCCCN2C(=O)c3ccccc3C2=O)C1. The second-order valence-electron chi connectivity index (χ2n) is 11.3. The van der Waals surface area contributed by atoms with Gasteiger partial charge in [-0.15, -0.1) is 0 Å². The molecule has 2 unspecified atom stereocenters. The molecule has 6 heteroatoms. The highest BCUT2D eigenvalue weighted by Crippen LogP contribution is 2.52. The van der Waals surface area contributed by atoms with Crippen LogP contribution in [0.4, 0.5) is 5.69 Å². The molecule has 2 aromatic rings. The molecule has 2 aromatic carbocycles. The maximum atomic E-state index is 13.6. The first kappa shape index (κ1) is 22.6. The van der Waals surface area contributed by atoms with E-state index in [0.717, 1.165) is 31.5 Å². The number of nitrogens with zero attached hydrogens (tertiary/aromatic N) is 2. The van der Waals surface area contributed by atoms with E-state index in [2.05, 4.69) is 31.0 Å². The van der Waals surface area contributed by atoms with Gasteiger partial charge >= 0.3 is 0 Å². The van der Waals surface area contributed by atoms with Crippen LogP contribution in [0.5, 0.6) is 0 Å². The summed E-state index contributed by atoms with van der Waals surface area (Å²) in [6.07, 6.45) is 3.88. The average Bonchev–Trinajstić information content (AvgIpc) is 3.19. The number of anilines is 1. The van der Waals surface area contributed by atoms with Crippen molar-refractivity contribution in [2.24, 2.45) is 10.8 Å². The number of hydrogen-bond acceptors (Lipinski definition) is 4. The van der Waals surface area contributed by atoms with Crippen molar-refractivity contribution >= 4 is 23.4 Å². The maximum Gasteiger partial charge on any atom is 0.261 e. The second-order valence-corrected chi connectivity index (χ2v) is 11.3. The molecule has 2 aliphatic heterocycles. The third-order valence-corrected chi connectivity index (χ3v) is 7.59. The van der Waals surface area contributed by atoms with Gasteiger partial charge in [-0.05, 0) is 60.8 Å². The summed E-state index contributed by atoms with van der Waals surface area (Å²) in [7, 11) is 0. The van der Waals surface area contributed by atoms with Gasteiger partial charge in [0.25, 0.3) is 17.7 Å². The van der Waals surface area contributed by atoms with E-state index in [1.807, 2.05) is 24.3 Å². The minimum Gasteiger partial charge on any atom is -0.384 e. The molecule has 178 valence electrons. The molecule has 2 bridgehead atoms. The molecular weight excluding hydrogens is 426 g/mol. The fourth-order valence-electron chi connectivity index (χ4n) is 6.58. The monoisotopic (exact) mass is 459 g/mol. The number of benzene rings is 2. The molecule has 3 aliphatic rings. The number of likely N-dealkylation sites (tertiary alicyclic amines) is 1. The zero-order valence-electron chi connectivity index (χ0n) is 20.3. The van der Waals surface area contributed by atoms with Crippen molar-refractivity contribution in [2.75, 3.05) is 25.0 Å². The van der Waals surface area contributed by atoms with E-state index < -0.39 is 0 Å². The number of carbonyl (C=O) groups excluding carboxylic acids is 3. The van der Waals surface area contributed by atoms with Gasteiger partial charge in [0.1, 0.15) is 0 Å². The summed E-state index contributed by atoms with van der Waals surface area (Å²) >= 11 is 0. The summed E-state index contributed by atoms with van der Waals surface area (Å²) < 4.78 is 0. The van der Waals surface area contributed by atoms with E-state index in [9.17, 15) is 14.4 Å². The number of para-hydroxylation sites is 1. The van der Waals surface area contributed by atoms with Crippen LogP contribution in [0, 0.1) is 10.8 Å². The summed E-state index contributed by atoms with van der Waals surface area (Å²) in [6.45, 7) is 8.67. The Labute approximate surface area is 201 Å². The quantitative estimate of drug-likeness (QED) is 0.496. The van der Waals surface area contributed by atoms with E-state index in [1.54, 1.807) is 24.3 Å². The lowest BCUT2D eigenvalue weighted by Gasteiger charge is -2.39. The molecule has 3 amide bonds. The van der Waals surface area contributed by atoms with Crippen molar-refractivity contribution in [1.82, 2.24) is 9.80 Å². The van der Waals surface area contributed by atoms with Gasteiger partial charge in [0.15, 0.2) is 0 Å². The Balaban J connectivity index is 1.22. The first-order chi connectivity index (χ1) is 16.2. The summed E-state index contributed by atoms with van der Waals surface area (Å²) in [5.41, 5.74) is 2.90. The predicted octanol–water partition coefficient (Wildman–Crippen LogP) is 4.83. The Kier molecular flexibility index (Phi) is 5.50. The number of carbonyl (C=O) groups is 3. The molecule has 0 radical (unpaired) electrons. The van der Waals surface area contributed by atoms with Crippen molar-refractivity contribution in [2.45, 2.75) is 52.5 Å². The Morgan fingerprint density at radius 2 is 1.62 bits per heavy atom. The van der Waals surface area contributed by atoms with Crippen LogP contribution in [0.1, 0.15) is 77.5 Å².